The Hall–Kier alpha value is 0.270. The number of rotatable bonds is 4. The molecule has 3 heteroatoms. The molecule has 2 aliphatic heterocycles. The monoisotopic (exact) mass is 242 g/mol. The third-order valence-corrected chi connectivity index (χ3v) is 5.11. The van der Waals surface area contributed by atoms with Gasteiger partial charge >= 0.3 is 0 Å². The van der Waals surface area contributed by atoms with Gasteiger partial charge in [0, 0.05) is 24.9 Å². The van der Waals surface area contributed by atoms with E-state index in [2.05, 4.69) is 28.9 Å². The van der Waals surface area contributed by atoms with E-state index in [0.717, 1.165) is 12.0 Å². The molecule has 0 spiro atoms. The van der Waals surface area contributed by atoms with Crippen LogP contribution in [0, 0.1) is 5.92 Å². The second-order valence-electron chi connectivity index (χ2n) is 5.39. The summed E-state index contributed by atoms with van der Waals surface area (Å²) in [6.45, 7) is 7.48. The lowest BCUT2D eigenvalue weighted by Gasteiger charge is -2.31. The molecule has 2 heterocycles. The van der Waals surface area contributed by atoms with Crippen LogP contribution in [0.2, 0.25) is 0 Å². The zero-order chi connectivity index (χ0) is 11.2. The molecule has 2 fully saturated rings. The van der Waals surface area contributed by atoms with Gasteiger partial charge in [0.05, 0.1) is 0 Å². The van der Waals surface area contributed by atoms with Gasteiger partial charge in [-0.05, 0) is 50.4 Å². The first-order chi connectivity index (χ1) is 7.84. The van der Waals surface area contributed by atoms with Crippen LogP contribution in [-0.2, 0) is 0 Å². The van der Waals surface area contributed by atoms with Gasteiger partial charge in [0.15, 0.2) is 0 Å². The minimum Gasteiger partial charge on any atom is -0.312 e. The molecule has 2 rings (SSSR count). The summed E-state index contributed by atoms with van der Waals surface area (Å²) < 4.78 is 0. The number of thioether (sulfide) groups is 1. The van der Waals surface area contributed by atoms with Crippen LogP contribution in [0.5, 0.6) is 0 Å². The van der Waals surface area contributed by atoms with Crippen molar-refractivity contribution < 1.29 is 0 Å². The molecule has 2 saturated heterocycles. The fraction of sp³-hybridized carbons (Fsp3) is 1.00. The summed E-state index contributed by atoms with van der Waals surface area (Å²) in [6, 6.07) is 0.794. The highest BCUT2D eigenvalue weighted by atomic mass is 32.2. The van der Waals surface area contributed by atoms with Crippen molar-refractivity contribution >= 4 is 11.8 Å². The summed E-state index contributed by atoms with van der Waals surface area (Å²) in [6.07, 6.45) is 5.60. The average molecular weight is 242 g/mol. The molecule has 0 aromatic carbocycles. The van der Waals surface area contributed by atoms with Crippen molar-refractivity contribution in [3.63, 3.8) is 0 Å². The Morgan fingerprint density at radius 2 is 2.06 bits per heavy atom. The van der Waals surface area contributed by atoms with Crippen LogP contribution in [0.4, 0.5) is 0 Å². The predicted molar refractivity (Wildman–Crippen MR) is 73.2 cm³/mol. The normalized spacial score (nSPS) is 29.4. The molecular formula is C13H26N2S. The lowest BCUT2D eigenvalue weighted by Crippen LogP contribution is -2.41. The van der Waals surface area contributed by atoms with Gasteiger partial charge in [-0.3, -0.25) is 0 Å². The van der Waals surface area contributed by atoms with Gasteiger partial charge in [-0.15, -0.1) is 0 Å². The largest absolute Gasteiger partial charge is 0.312 e. The number of hydrogen-bond donors (Lipinski definition) is 1. The molecule has 0 amide bonds. The Kier molecular flexibility index (Phi) is 5.46. The molecule has 1 atom stereocenters. The topological polar surface area (TPSA) is 15.3 Å². The van der Waals surface area contributed by atoms with Crippen LogP contribution < -0.4 is 5.32 Å². The van der Waals surface area contributed by atoms with Gasteiger partial charge in [0.25, 0.3) is 0 Å². The predicted octanol–water partition coefficient (Wildman–Crippen LogP) is 2.20. The average Bonchev–Trinajstić information content (AvgIpc) is 2.33. The SMILES string of the molecule is CC1CCN(CCNC2CCCSC2)CC1. The summed E-state index contributed by atoms with van der Waals surface area (Å²) >= 11 is 2.11. The third-order valence-electron chi connectivity index (χ3n) is 3.90. The smallest absolute Gasteiger partial charge is 0.0159 e. The lowest BCUT2D eigenvalue weighted by atomic mass is 9.99. The standard InChI is InChI=1S/C13H26N2S/c1-12-4-7-15(8-5-12)9-6-14-13-3-2-10-16-11-13/h12-14H,2-11H2,1H3. The second-order valence-corrected chi connectivity index (χ2v) is 6.54. The van der Waals surface area contributed by atoms with E-state index >= 15 is 0 Å². The van der Waals surface area contributed by atoms with E-state index in [4.69, 9.17) is 0 Å². The maximum absolute atomic E-state index is 3.72. The number of likely N-dealkylation sites (tertiary alicyclic amines) is 1. The van der Waals surface area contributed by atoms with E-state index in [9.17, 15) is 0 Å². The summed E-state index contributed by atoms with van der Waals surface area (Å²) in [4.78, 5) is 2.63. The first kappa shape index (κ1) is 12.7. The maximum Gasteiger partial charge on any atom is 0.0159 e. The van der Waals surface area contributed by atoms with Crippen LogP contribution in [0.25, 0.3) is 0 Å². The van der Waals surface area contributed by atoms with Gasteiger partial charge < -0.3 is 10.2 Å². The van der Waals surface area contributed by atoms with Crippen LogP contribution in [0.15, 0.2) is 0 Å². The minimum absolute atomic E-state index is 0.794. The van der Waals surface area contributed by atoms with E-state index in [-0.39, 0.29) is 0 Å². The summed E-state index contributed by atoms with van der Waals surface area (Å²) in [5.41, 5.74) is 0. The Morgan fingerprint density at radius 1 is 1.25 bits per heavy atom. The van der Waals surface area contributed by atoms with Crippen molar-refractivity contribution in [2.24, 2.45) is 5.92 Å². The minimum atomic E-state index is 0.794. The number of nitrogens with one attached hydrogen (secondary N) is 1. The molecule has 0 aliphatic carbocycles. The van der Waals surface area contributed by atoms with Crippen molar-refractivity contribution in [1.82, 2.24) is 10.2 Å². The van der Waals surface area contributed by atoms with Crippen molar-refractivity contribution in [1.29, 1.82) is 0 Å². The van der Waals surface area contributed by atoms with Crippen LogP contribution in [-0.4, -0.2) is 48.6 Å². The Balaban J connectivity index is 1.53. The third kappa shape index (κ3) is 4.27. The van der Waals surface area contributed by atoms with E-state index in [1.54, 1.807) is 0 Å². The fourth-order valence-corrected chi connectivity index (χ4v) is 3.72. The summed E-state index contributed by atoms with van der Waals surface area (Å²) in [7, 11) is 0. The lowest BCUT2D eigenvalue weighted by molar-refractivity contribution is 0.191. The van der Waals surface area contributed by atoms with Crippen LogP contribution in [0.3, 0.4) is 0 Å². The van der Waals surface area contributed by atoms with E-state index in [0.29, 0.717) is 0 Å². The molecule has 16 heavy (non-hydrogen) atoms. The Bertz CT molecular complexity index is 184. The van der Waals surface area contributed by atoms with E-state index in [1.807, 2.05) is 0 Å². The first-order valence-corrected chi connectivity index (χ1v) is 8.03. The van der Waals surface area contributed by atoms with Crippen molar-refractivity contribution in [2.45, 2.75) is 38.6 Å². The van der Waals surface area contributed by atoms with Gasteiger partial charge in [-0.2, -0.15) is 11.8 Å². The molecule has 94 valence electrons. The zero-order valence-electron chi connectivity index (χ0n) is 10.6. The van der Waals surface area contributed by atoms with Crippen molar-refractivity contribution in [2.75, 3.05) is 37.7 Å². The highest BCUT2D eigenvalue weighted by molar-refractivity contribution is 7.99. The summed E-state index contributed by atoms with van der Waals surface area (Å²) in [5, 5.41) is 3.72. The first-order valence-electron chi connectivity index (χ1n) is 6.88. The molecule has 1 N–H and O–H groups in total. The molecule has 1 unspecified atom stereocenters. The van der Waals surface area contributed by atoms with Crippen molar-refractivity contribution in [3.8, 4) is 0 Å². The van der Waals surface area contributed by atoms with E-state index < -0.39 is 0 Å². The summed E-state index contributed by atoms with van der Waals surface area (Å²) in [5.74, 6) is 3.66. The van der Waals surface area contributed by atoms with Gasteiger partial charge in [-0.1, -0.05) is 6.92 Å². The molecule has 2 nitrogen and oxygen atoms in total. The highest BCUT2D eigenvalue weighted by Gasteiger charge is 2.16. The number of nitrogens with zero attached hydrogens (tertiary/aromatic N) is 1. The molecule has 0 bridgehead atoms. The molecule has 0 aromatic rings. The Morgan fingerprint density at radius 3 is 2.75 bits per heavy atom. The van der Waals surface area contributed by atoms with E-state index in [1.165, 1.54) is 63.4 Å². The molecule has 0 radical (unpaired) electrons. The van der Waals surface area contributed by atoms with Crippen LogP contribution in [0.1, 0.15) is 32.6 Å². The number of piperidine rings is 1. The molecule has 0 aromatic heterocycles. The van der Waals surface area contributed by atoms with Gasteiger partial charge in [0.1, 0.15) is 0 Å². The fourth-order valence-electron chi connectivity index (χ4n) is 2.61. The zero-order valence-corrected chi connectivity index (χ0v) is 11.4. The maximum atomic E-state index is 3.72. The van der Waals surface area contributed by atoms with Crippen LogP contribution >= 0.6 is 11.8 Å². The molecular weight excluding hydrogens is 216 g/mol. The Labute approximate surface area is 105 Å². The van der Waals surface area contributed by atoms with Gasteiger partial charge in [0.2, 0.25) is 0 Å². The number of hydrogen-bond acceptors (Lipinski definition) is 3. The molecule has 2 aliphatic rings. The highest BCUT2D eigenvalue weighted by Crippen LogP contribution is 2.17. The van der Waals surface area contributed by atoms with Crippen molar-refractivity contribution in [3.05, 3.63) is 0 Å². The van der Waals surface area contributed by atoms with Gasteiger partial charge in [-0.25, -0.2) is 0 Å². The molecule has 0 saturated carbocycles. The quantitative estimate of drug-likeness (QED) is 0.814. The second kappa shape index (κ2) is 6.87.